The number of piperidine rings is 1. The third-order valence-corrected chi connectivity index (χ3v) is 6.34. The first-order valence-electron chi connectivity index (χ1n) is 8.79. The van der Waals surface area contributed by atoms with Crippen LogP contribution in [0.1, 0.15) is 64.2 Å². The van der Waals surface area contributed by atoms with Gasteiger partial charge in [-0.3, -0.25) is 4.90 Å². The van der Waals surface area contributed by atoms with E-state index in [2.05, 4.69) is 4.90 Å². The topological polar surface area (TPSA) is 38.5 Å². The van der Waals surface area contributed by atoms with Crippen LogP contribution in [0.15, 0.2) is 0 Å². The van der Waals surface area contributed by atoms with Crippen LogP contribution in [0.25, 0.3) is 0 Å². The van der Waals surface area contributed by atoms with Crippen LogP contribution in [0.3, 0.4) is 0 Å². The lowest BCUT2D eigenvalue weighted by Crippen LogP contribution is -2.64. The number of hydrogen-bond acceptors (Lipinski definition) is 3. The van der Waals surface area contributed by atoms with Gasteiger partial charge in [-0.2, -0.15) is 0 Å². The molecule has 3 fully saturated rings. The van der Waals surface area contributed by atoms with Crippen LogP contribution >= 0.6 is 0 Å². The Morgan fingerprint density at radius 1 is 1.10 bits per heavy atom. The average Bonchev–Trinajstić information content (AvgIpc) is 2.54. The van der Waals surface area contributed by atoms with E-state index in [1.165, 1.54) is 64.3 Å². The largest absolute Gasteiger partial charge is 0.381 e. The van der Waals surface area contributed by atoms with E-state index in [1.54, 1.807) is 0 Å². The van der Waals surface area contributed by atoms with Gasteiger partial charge in [0.2, 0.25) is 0 Å². The van der Waals surface area contributed by atoms with Crippen LogP contribution in [-0.4, -0.2) is 42.8 Å². The van der Waals surface area contributed by atoms with Crippen LogP contribution in [0.5, 0.6) is 0 Å². The summed E-state index contributed by atoms with van der Waals surface area (Å²) in [5.74, 6) is 0.948. The van der Waals surface area contributed by atoms with Gasteiger partial charge < -0.3 is 10.5 Å². The molecule has 20 heavy (non-hydrogen) atoms. The van der Waals surface area contributed by atoms with Crippen LogP contribution in [0.4, 0.5) is 0 Å². The van der Waals surface area contributed by atoms with Gasteiger partial charge in [-0.05, 0) is 63.8 Å². The lowest BCUT2D eigenvalue weighted by atomic mass is 9.72. The van der Waals surface area contributed by atoms with Gasteiger partial charge in [0, 0.05) is 25.2 Å². The highest BCUT2D eigenvalue weighted by Crippen LogP contribution is 2.43. The first-order chi connectivity index (χ1) is 9.79. The summed E-state index contributed by atoms with van der Waals surface area (Å²) in [7, 11) is 1.87. The molecule has 2 saturated carbocycles. The van der Waals surface area contributed by atoms with Crippen LogP contribution < -0.4 is 5.73 Å². The van der Waals surface area contributed by atoms with Crippen LogP contribution in [0.2, 0.25) is 0 Å². The van der Waals surface area contributed by atoms with Gasteiger partial charge >= 0.3 is 0 Å². The van der Waals surface area contributed by atoms with Gasteiger partial charge in [0.15, 0.2) is 0 Å². The summed E-state index contributed by atoms with van der Waals surface area (Å²) in [6.45, 7) is 2.09. The van der Waals surface area contributed by atoms with Crippen molar-refractivity contribution in [2.75, 3.05) is 20.2 Å². The minimum atomic E-state index is 0.236. The molecule has 0 aromatic heterocycles. The monoisotopic (exact) mass is 280 g/mol. The Hall–Kier alpha value is -0.120. The second-order valence-electron chi connectivity index (χ2n) is 7.33. The summed E-state index contributed by atoms with van der Waals surface area (Å²) < 4.78 is 5.69. The molecule has 3 rings (SSSR count). The zero-order valence-electron chi connectivity index (χ0n) is 13.2. The second-order valence-corrected chi connectivity index (χ2v) is 7.33. The average molecular weight is 280 g/mol. The van der Waals surface area contributed by atoms with Crippen molar-refractivity contribution in [1.29, 1.82) is 0 Å². The third-order valence-electron chi connectivity index (χ3n) is 6.34. The van der Waals surface area contributed by atoms with Crippen molar-refractivity contribution in [3.8, 4) is 0 Å². The minimum Gasteiger partial charge on any atom is -0.381 e. The molecule has 2 N–H and O–H groups in total. The highest BCUT2D eigenvalue weighted by Gasteiger charge is 2.46. The molecule has 2 aliphatic carbocycles. The molecule has 0 aromatic carbocycles. The Kier molecular flexibility index (Phi) is 4.68. The quantitative estimate of drug-likeness (QED) is 0.864. The van der Waals surface area contributed by atoms with Gasteiger partial charge in [-0.25, -0.2) is 0 Å². The van der Waals surface area contributed by atoms with Gasteiger partial charge in [0.05, 0.1) is 6.10 Å². The number of hydrogen-bond donors (Lipinski definition) is 1. The van der Waals surface area contributed by atoms with E-state index in [4.69, 9.17) is 10.5 Å². The number of nitrogens with zero attached hydrogens (tertiary/aromatic N) is 1. The highest BCUT2D eigenvalue weighted by atomic mass is 16.5. The zero-order chi connectivity index (χ0) is 14.0. The Morgan fingerprint density at radius 2 is 1.90 bits per heavy atom. The predicted octanol–water partition coefficient (Wildman–Crippen LogP) is 2.93. The van der Waals surface area contributed by atoms with E-state index < -0.39 is 0 Å². The number of likely N-dealkylation sites (tertiary alicyclic amines) is 1. The zero-order valence-corrected chi connectivity index (χ0v) is 13.2. The molecule has 0 bridgehead atoms. The van der Waals surface area contributed by atoms with Crippen molar-refractivity contribution in [2.45, 2.75) is 81.9 Å². The fourth-order valence-corrected chi connectivity index (χ4v) is 5.27. The standard InChI is InChI=1S/C17H32N2O/c1-20-15-8-4-10-17(12-15,13-18)19-11-5-7-14-6-2-3-9-16(14)19/h14-16H,2-13,18H2,1H3/t14-,15?,16-,17?/m1/s1. The number of methoxy groups -OCH3 is 1. The lowest BCUT2D eigenvalue weighted by Gasteiger charge is -2.56. The highest BCUT2D eigenvalue weighted by molar-refractivity contribution is 5.02. The molecule has 2 unspecified atom stereocenters. The minimum absolute atomic E-state index is 0.236. The molecule has 1 aliphatic heterocycles. The van der Waals surface area contributed by atoms with E-state index in [0.717, 1.165) is 24.9 Å². The maximum atomic E-state index is 6.31. The molecule has 3 aliphatic rings. The fraction of sp³-hybridized carbons (Fsp3) is 1.00. The van der Waals surface area contributed by atoms with Crippen LogP contribution in [0, 0.1) is 5.92 Å². The molecule has 116 valence electrons. The molecule has 0 radical (unpaired) electrons. The van der Waals surface area contributed by atoms with Crippen molar-refractivity contribution < 1.29 is 4.74 Å². The second kappa shape index (κ2) is 6.33. The molecule has 3 nitrogen and oxygen atoms in total. The Labute approximate surface area is 124 Å². The van der Waals surface area contributed by atoms with Gasteiger partial charge in [-0.1, -0.05) is 12.8 Å². The molecular weight excluding hydrogens is 248 g/mol. The fourth-order valence-electron chi connectivity index (χ4n) is 5.27. The lowest BCUT2D eigenvalue weighted by molar-refractivity contribution is -0.0748. The summed E-state index contributed by atoms with van der Waals surface area (Å²) in [5.41, 5.74) is 6.55. The molecule has 1 heterocycles. The van der Waals surface area contributed by atoms with E-state index >= 15 is 0 Å². The number of nitrogens with two attached hydrogens (primary N) is 1. The maximum absolute atomic E-state index is 6.31. The summed E-state index contributed by atoms with van der Waals surface area (Å²) in [6.07, 6.45) is 13.9. The number of fused-ring (bicyclic) bond motifs is 1. The Bertz CT molecular complexity index is 320. The summed E-state index contributed by atoms with van der Waals surface area (Å²) >= 11 is 0. The Balaban J connectivity index is 1.79. The van der Waals surface area contributed by atoms with E-state index in [1.807, 2.05) is 7.11 Å². The summed E-state index contributed by atoms with van der Waals surface area (Å²) in [4.78, 5) is 2.85. The Morgan fingerprint density at radius 3 is 2.70 bits per heavy atom. The van der Waals surface area contributed by atoms with Gasteiger partial charge in [0.1, 0.15) is 0 Å². The smallest absolute Gasteiger partial charge is 0.0589 e. The van der Waals surface area contributed by atoms with Gasteiger partial charge in [0.25, 0.3) is 0 Å². The normalized spacial score (nSPS) is 43.2. The van der Waals surface area contributed by atoms with Crippen molar-refractivity contribution in [1.82, 2.24) is 4.90 Å². The van der Waals surface area contributed by atoms with Gasteiger partial charge in [-0.15, -0.1) is 0 Å². The van der Waals surface area contributed by atoms with E-state index in [9.17, 15) is 0 Å². The maximum Gasteiger partial charge on any atom is 0.0589 e. The van der Waals surface area contributed by atoms with Crippen molar-refractivity contribution in [2.24, 2.45) is 11.7 Å². The van der Waals surface area contributed by atoms with Crippen molar-refractivity contribution in [3.63, 3.8) is 0 Å². The third kappa shape index (κ3) is 2.65. The van der Waals surface area contributed by atoms with Crippen molar-refractivity contribution in [3.05, 3.63) is 0 Å². The molecular formula is C17H32N2O. The molecule has 1 saturated heterocycles. The molecule has 0 aromatic rings. The number of rotatable bonds is 3. The van der Waals surface area contributed by atoms with Crippen molar-refractivity contribution >= 4 is 0 Å². The number of ether oxygens (including phenoxy) is 1. The molecule has 4 atom stereocenters. The van der Waals surface area contributed by atoms with E-state index in [-0.39, 0.29) is 5.54 Å². The SMILES string of the molecule is COC1CCCC(CN)(N2CCC[C@H]3CCCC[C@H]32)C1. The molecule has 3 heteroatoms. The van der Waals surface area contributed by atoms with E-state index in [0.29, 0.717) is 6.10 Å². The first kappa shape index (κ1) is 14.8. The summed E-state index contributed by atoms with van der Waals surface area (Å²) in [5, 5.41) is 0. The first-order valence-corrected chi connectivity index (χ1v) is 8.79. The molecule has 0 amide bonds. The van der Waals surface area contributed by atoms with Crippen LogP contribution in [-0.2, 0) is 4.74 Å². The molecule has 0 spiro atoms. The summed E-state index contributed by atoms with van der Waals surface area (Å²) in [6, 6.07) is 0.816. The predicted molar refractivity (Wildman–Crippen MR) is 82.7 cm³/mol.